The molecule has 0 atom stereocenters. The van der Waals surface area contributed by atoms with E-state index in [9.17, 15) is 0 Å². The lowest BCUT2D eigenvalue weighted by molar-refractivity contribution is 0.992. The lowest BCUT2D eigenvalue weighted by atomic mass is 10.1. The molecule has 0 fully saturated rings. The number of benzene rings is 2. The fourth-order valence-electron chi connectivity index (χ4n) is 2.52. The van der Waals surface area contributed by atoms with Crippen LogP contribution in [0.4, 0.5) is 11.4 Å². The first-order valence-corrected chi connectivity index (χ1v) is 7.50. The molecule has 2 aromatic rings. The molecule has 0 saturated carbocycles. The van der Waals surface area contributed by atoms with Gasteiger partial charge in [0.15, 0.2) is 0 Å². The summed E-state index contributed by atoms with van der Waals surface area (Å²) in [5.41, 5.74) is 5.10. The van der Waals surface area contributed by atoms with E-state index in [1.165, 1.54) is 16.9 Å². The maximum Gasteiger partial charge on any atom is 0.0467 e. The molecule has 0 radical (unpaired) electrons. The highest BCUT2D eigenvalue weighted by Gasteiger charge is 2.22. The molecule has 18 heavy (non-hydrogen) atoms. The Bertz CT molecular complexity index is 582. The van der Waals surface area contributed by atoms with Crippen LogP contribution >= 0.6 is 27.5 Å². The van der Waals surface area contributed by atoms with Gasteiger partial charge >= 0.3 is 0 Å². The Balaban J connectivity index is 2.10. The third-order valence-electron chi connectivity index (χ3n) is 3.41. The van der Waals surface area contributed by atoms with Gasteiger partial charge in [-0.1, -0.05) is 51.8 Å². The normalized spacial score (nSPS) is 13.8. The van der Waals surface area contributed by atoms with Gasteiger partial charge in [-0.3, -0.25) is 0 Å². The minimum absolute atomic E-state index is 0.778. The van der Waals surface area contributed by atoms with Gasteiger partial charge in [0.25, 0.3) is 0 Å². The maximum atomic E-state index is 6.28. The molecule has 1 aliphatic heterocycles. The molecule has 92 valence electrons. The highest BCUT2D eigenvalue weighted by Crippen LogP contribution is 2.38. The van der Waals surface area contributed by atoms with Crippen LogP contribution < -0.4 is 4.90 Å². The summed E-state index contributed by atoms with van der Waals surface area (Å²) >= 11 is 9.81. The van der Waals surface area contributed by atoms with Crippen LogP contribution in [-0.4, -0.2) is 6.54 Å². The molecule has 0 amide bonds. The standard InChI is InChI=1S/C15H13BrClN/c16-10-12-13(17)5-3-7-15(12)18-9-8-11-4-1-2-6-14(11)18/h1-7H,8-10H2. The predicted octanol–water partition coefficient (Wildman–Crippen LogP) is 4.93. The predicted molar refractivity (Wildman–Crippen MR) is 81.2 cm³/mol. The zero-order valence-corrected chi connectivity index (χ0v) is 12.2. The smallest absolute Gasteiger partial charge is 0.0467 e. The first-order valence-electron chi connectivity index (χ1n) is 6.00. The van der Waals surface area contributed by atoms with E-state index in [2.05, 4.69) is 51.2 Å². The Labute approximate surface area is 121 Å². The third-order valence-corrected chi connectivity index (χ3v) is 4.32. The SMILES string of the molecule is Clc1cccc(N2CCc3ccccc32)c1CBr. The molecular weight excluding hydrogens is 310 g/mol. The van der Waals surface area contributed by atoms with E-state index in [0.29, 0.717) is 0 Å². The molecule has 3 heteroatoms. The van der Waals surface area contributed by atoms with Crippen molar-refractivity contribution in [3.63, 3.8) is 0 Å². The van der Waals surface area contributed by atoms with Crippen molar-refractivity contribution in [3.05, 3.63) is 58.6 Å². The second-order valence-corrected chi connectivity index (χ2v) is 5.37. The summed E-state index contributed by atoms with van der Waals surface area (Å²) in [4.78, 5) is 2.36. The van der Waals surface area contributed by atoms with Crippen molar-refractivity contribution in [1.82, 2.24) is 0 Å². The fourth-order valence-corrected chi connectivity index (χ4v) is 3.51. The van der Waals surface area contributed by atoms with Gasteiger partial charge in [0.1, 0.15) is 0 Å². The van der Waals surface area contributed by atoms with Gasteiger partial charge in [-0.25, -0.2) is 0 Å². The van der Waals surface area contributed by atoms with Crippen LogP contribution in [0.2, 0.25) is 5.02 Å². The van der Waals surface area contributed by atoms with Gasteiger partial charge in [-0.15, -0.1) is 0 Å². The quantitative estimate of drug-likeness (QED) is 0.709. The van der Waals surface area contributed by atoms with Crippen LogP contribution in [0.5, 0.6) is 0 Å². The van der Waals surface area contributed by atoms with E-state index < -0.39 is 0 Å². The Kier molecular flexibility index (Phi) is 3.31. The maximum absolute atomic E-state index is 6.28. The van der Waals surface area contributed by atoms with Gasteiger partial charge in [0.2, 0.25) is 0 Å². The Morgan fingerprint density at radius 3 is 2.67 bits per heavy atom. The number of hydrogen-bond donors (Lipinski definition) is 0. The number of hydrogen-bond acceptors (Lipinski definition) is 1. The molecule has 0 bridgehead atoms. The summed E-state index contributed by atoms with van der Waals surface area (Å²) in [6, 6.07) is 14.7. The van der Waals surface area contributed by atoms with Crippen molar-refractivity contribution >= 4 is 38.9 Å². The van der Waals surface area contributed by atoms with E-state index in [1.54, 1.807) is 0 Å². The van der Waals surface area contributed by atoms with Crippen molar-refractivity contribution < 1.29 is 0 Å². The van der Waals surface area contributed by atoms with Crippen LogP contribution in [0.25, 0.3) is 0 Å². The molecule has 3 rings (SSSR count). The average molecular weight is 323 g/mol. The van der Waals surface area contributed by atoms with Crippen molar-refractivity contribution in [1.29, 1.82) is 0 Å². The number of nitrogens with zero attached hydrogens (tertiary/aromatic N) is 1. The summed E-state index contributed by atoms with van der Waals surface area (Å²) in [6.07, 6.45) is 1.10. The number of alkyl halides is 1. The van der Waals surface area contributed by atoms with Gasteiger partial charge in [0, 0.05) is 33.8 Å². The second-order valence-electron chi connectivity index (χ2n) is 4.40. The molecule has 0 aliphatic carbocycles. The van der Waals surface area contributed by atoms with Gasteiger partial charge in [0.05, 0.1) is 0 Å². The van der Waals surface area contributed by atoms with Crippen molar-refractivity contribution in [2.45, 2.75) is 11.8 Å². The number of anilines is 2. The zero-order valence-electron chi connectivity index (χ0n) is 9.87. The van der Waals surface area contributed by atoms with E-state index in [0.717, 1.165) is 28.9 Å². The molecule has 0 spiro atoms. The monoisotopic (exact) mass is 321 g/mol. The van der Waals surface area contributed by atoms with Crippen LogP contribution in [0.3, 0.4) is 0 Å². The van der Waals surface area contributed by atoms with E-state index in [1.807, 2.05) is 12.1 Å². The van der Waals surface area contributed by atoms with E-state index in [-0.39, 0.29) is 0 Å². The number of rotatable bonds is 2. The summed E-state index contributed by atoms with van der Waals surface area (Å²) in [5.74, 6) is 0. The molecule has 0 saturated heterocycles. The third kappa shape index (κ3) is 1.94. The fraction of sp³-hybridized carbons (Fsp3) is 0.200. The highest BCUT2D eigenvalue weighted by molar-refractivity contribution is 9.08. The number of halogens is 2. The summed E-state index contributed by atoms with van der Waals surface area (Å²) in [6.45, 7) is 1.03. The highest BCUT2D eigenvalue weighted by atomic mass is 79.9. The van der Waals surface area contributed by atoms with E-state index >= 15 is 0 Å². The van der Waals surface area contributed by atoms with Crippen LogP contribution in [0.15, 0.2) is 42.5 Å². The zero-order chi connectivity index (χ0) is 12.5. The van der Waals surface area contributed by atoms with Crippen LogP contribution in [-0.2, 0) is 11.8 Å². The number of para-hydroxylation sites is 1. The summed E-state index contributed by atoms with van der Waals surface area (Å²) in [7, 11) is 0. The van der Waals surface area contributed by atoms with Crippen molar-refractivity contribution in [2.75, 3.05) is 11.4 Å². The van der Waals surface area contributed by atoms with Gasteiger partial charge in [-0.05, 0) is 30.2 Å². The second kappa shape index (κ2) is 4.94. The minimum atomic E-state index is 0.778. The van der Waals surface area contributed by atoms with E-state index in [4.69, 9.17) is 11.6 Å². The Hall–Kier alpha value is -0.990. The largest absolute Gasteiger partial charge is 0.341 e. The molecule has 1 nitrogen and oxygen atoms in total. The Morgan fingerprint density at radius 2 is 1.83 bits per heavy atom. The average Bonchev–Trinajstić information content (AvgIpc) is 2.82. The first kappa shape index (κ1) is 12.1. The Morgan fingerprint density at radius 1 is 1.06 bits per heavy atom. The topological polar surface area (TPSA) is 3.24 Å². The molecule has 0 N–H and O–H groups in total. The summed E-state index contributed by atoms with van der Waals surface area (Å²) in [5, 5.41) is 1.61. The first-order chi connectivity index (χ1) is 8.81. The number of fused-ring (bicyclic) bond motifs is 1. The summed E-state index contributed by atoms with van der Waals surface area (Å²) < 4.78 is 0. The van der Waals surface area contributed by atoms with Gasteiger partial charge in [-0.2, -0.15) is 0 Å². The van der Waals surface area contributed by atoms with Crippen LogP contribution in [0.1, 0.15) is 11.1 Å². The molecule has 1 aliphatic rings. The molecule has 0 unspecified atom stereocenters. The molecule has 0 aromatic heterocycles. The molecular formula is C15H13BrClN. The minimum Gasteiger partial charge on any atom is -0.341 e. The van der Waals surface area contributed by atoms with Crippen LogP contribution in [0, 0.1) is 0 Å². The van der Waals surface area contributed by atoms with Gasteiger partial charge < -0.3 is 4.90 Å². The molecule has 2 aromatic carbocycles. The van der Waals surface area contributed by atoms with Crippen molar-refractivity contribution in [3.8, 4) is 0 Å². The molecule has 1 heterocycles. The lowest BCUT2D eigenvalue weighted by Gasteiger charge is -2.22. The lowest BCUT2D eigenvalue weighted by Crippen LogP contribution is -2.15. The van der Waals surface area contributed by atoms with Crippen molar-refractivity contribution in [2.24, 2.45) is 0 Å².